The van der Waals surface area contributed by atoms with Gasteiger partial charge in [0, 0.05) is 19.7 Å². The lowest BCUT2D eigenvalue weighted by molar-refractivity contribution is -0.134. The molecule has 126 valence electrons. The zero-order valence-corrected chi connectivity index (χ0v) is 14.0. The average molecular weight is 329 g/mol. The molecule has 0 saturated carbocycles. The van der Waals surface area contributed by atoms with Gasteiger partial charge in [-0.25, -0.2) is 4.39 Å². The van der Waals surface area contributed by atoms with Gasteiger partial charge in [-0.15, -0.1) is 0 Å². The summed E-state index contributed by atoms with van der Waals surface area (Å²) in [4.78, 5) is 25.5. The molecule has 0 N–H and O–H groups in total. The zero-order chi connectivity index (χ0) is 17.7. The minimum absolute atomic E-state index is 0.0617. The Morgan fingerprint density at radius 3 is 2.50 bits per heavy atom. The molecule has 2 aromatic rings. The molecule has 0 bridgehead atoms. The maximum absolute atomic E-state index is 13.6. The van der Waals surface area contributed by atoms with E-state index in [-0.39, 0.29) is 24.6 Å². The highest BCUT2D eigenvalue weighted by Gasteiger charge is 2.13. The number of halogens is 1. The number of hydrogen-bond donors (Lipinski definition) is 0. The summed E-state index contributed by atoms with van der Waals surface area (Å²) in [5.41, 5.74) is 1.68. The number of rotatable bonds is 5. The molecule has 0 atom stereocenters. The smallest absolute Gasteiger partial charge is 0.311 e. The van der Waals surface area contributed by atoms with Gasteiger partial charge >= 0.3 is 5.97 Å². The molecule has 2 rings (SSSR count). The molecular weight excluding hydrogens is 309 g/mol. The third kappa shape index (κ3) is 4.41. The molecule has 0 heterocycles. The number of amides is 1. The van der Waals surface area contributed by atoms with Gasteiger partial charge in [0.1, 0.15) is 11.6 Å². The maximum atomic E-state index is 13.6. The lowest BCUT2D eigenvalue weighted by Gasteiger charge is -2.13. The van der Waals surface area contributed by atoms with E-state index < -0.39 is 5.97 Å². The quantitative estimate of drug-likeness (QED) is 0.624. The van der Waals surface area contributed by atoms with Crippen LogP contribution in [0.3, 0.4) is 0 Å². The van der Waals surface area contributed by atoms with Gasteiger partial charge in [-0.2, -0.15) is 0 Å². The highest BCUT2D eigenvalue weighted by molar-refractivity contribution is 5.94. The van der Waals surface area contributed by atoms with Gasteiger partial charge in [0.05, 0.1) is 6.42 Å². The number of hydrogen-bond acceptors (Lipinski definition) is 3. The van der Waals surface area contributed by atoms with E-state index in [1.165, 1.54) is 11.0 Å². The summed E-state index contributed by atoms with van der Waals surface area (Å²) in [5.74, 6) is -0.615. The second-order valence-electron chi connectivity index (χ2n) is 5.75. The van der Waals surface area contributed by atoms with Crippen LogP contribution in [0.1, 0.15) is 27.9 Å². The Balaban J connectivity index is 2.04. The summed E-state index contributed by atoms with van der Waals surface area (Å²) in [6.45, 7) is 1.80. The van der Waals surface area contributed by atoms with Gasteiger partial charge in [0.2, 0.25) is 0 Å². The van der Waals surface area contributed by atoms with Crippen LogP contribution in [0.4, 0.5) is 4.39 Å². The fraction of sp³-hybridized carbons (Fsp3) is 0.263. The number of carbonyl (C=O) groups is 2. The summed E-state index contributed by atoms with van der Waals surface area (Å²) in [5, 5.41) is 0. The van der Waals surface area contributed by atoms with E-state index in [1.54, 1.807) is 57.4 Å². The Morgan fingerprint density at radius 2 is 1.83 bits per heavy atom. The summed E-state index contributed by atoms with van der Waals surface area (Å²) in [6, 6.07) is 11.3. The van der Waals surface area contributed by atoms with Crippen molar-refractivity contribution in [2.75, 3.05) is 14.1 Å². The molecule has 0 aliphatic heterocycles. The van der Waals surface area contributed by atoms with Crippen LogP contribution < -0.4 is 4.74 Å². The van der Waals surface area contributed by atoms with Crippen LogP contribution in [-0.4, -0.2) is 30.9 Å². The molecule has 0 saturated heterocycles. The Hall–Kier alpha value is -2.69. The molecule has 0 radical (unpaired) electrons. The number of nitrogens with zero attached hydrogens (tertiary/aromatic N) is 1. The second-order valence-corrected chi connectivity index (χ2v) is 5.75. The van der Waals surface area contributed by atoms with Crippen LogP contribution in [-0.2, 0) is 11.2 Å². The molecule has 0 aromatic heterocycles. The zero-order valence-electron chi connectivity index (χ0n) is 14.0. The fourth-order valence-corrected chi connectivity index (χ4v) is 2.21. The van der Waals surface area contributed by atoms with E-state index in [2.05, 4.69) is 0 Å². The van der Waals surface area contributed by atoms with Gasteiger partial charge in [-0.3, -0.25) is 9.59 Å². The van der Waals surface area contributed by atoms with Gasteiger partial charge in [0.15, 0.2) is 0 Å². The molecule has 4 nitrogen and oxygen atoms in total. The molecule has 0 aliphatic rings. The number of ether oxygens (including phenoxy) is 1. The highest BCUT2D eigenvalue weighted by atomic mass is 19.1. The molecule has 0 aliphatic carbocycles. The SMILES string of the molecule is Cc1ccc(C(=O)N(C)C)cc1OC(=O)CCc1ccccc1F. The van der Waals surface area contributed by atoms with Crippen LogP contribution in [0.15, 0.2) is 42.5 Å². The minimum atomic E-state index is -0.462. The lowest BCUT2D eigenvalue weighted by Crippen LogP contribution is -2.21. The van der Waals surface area contributed by atoms with Gasteiger partial charge in [0.25, 0.3) is 5.91 Å². The minimum Gasteiger partial charge on any atom is -0.426 e. The summed E-state index contributed by atoms with van der Waals surface area (Å²) in [6.07, 6.45) is 0.326. The van der Waals surface area contributed by atoms with Crippen molar-refractivity contribution in [3.05, 3.63) is 65.0 Å². The topological polar surface area (TPSA) is 46.6 Å². The first-order valence-corrected chi connectivity index (χ1v) is 7.65. The lowest BCUT2D eigenvalue weighted by atomic mass is 10.1. The fourth-order valence-electron chi connectivity index (χ4n) is 2.21. The van der Waals surface area contributed by atoms with Crippen molar-refractivity contribution in [3.63, 3.8) is 0 Å². The van der Waals surface area contributed by atoms with Crippen molar-refractivity contribution in [1.82, 2.24) is 4.90 Å². The highest BCUT2D eigenvalue weighted by Crippen LogP contribution is 2.21. The first-order valence-electron chi connectivity index (χ1n) is 7.65. The standard InChI is InChI=1S/C19H20FNO3/c1-13-8-9-15(19(23)21(2)3)12-17(13)24-18(22)11-10-14-6-4-5-7-16(14)20/h4-9,12H,10-11H2,1-3H3. The van der Waals surface area contributed by atoms with E-state index in [0.717, 1.165) is 5.56 Å². The van der Waals surface area contributed by atoms with Crippen LogP contribution in [0.5, 0.6) is 5.75 Å². The number of aryl methyl sites for hydroxylation is 2. The maximum Gasteiger partial charge on any atom is 0.311 e. The van der Waals surface area contributed by atoms with Crippen molar-refractivity contribution in [1.29, 1.82) is 0 Å². The third-order valence-electron chi connectivity index (χ3n) is 3.62. The number of benzene rings is 2. The monoisotopic (exact) mass is 329 g/mol. The first kappa shape index (κ1) is 17.7. The second kappa shape index (κ2) is 7.73. The van der Waals surface area contributed by atoms with E-state index in [0.29, 0.717) is 16.9 Å². The van der Waals surface area contributed by atoms with Crippen LogP contribution in [0, 0.1) is 12.7 Å². The van der Waals surface area contributed by atoms with E-state index in [1.807, 2.05) is 0 Å². The summed E-state index contributed by atoms with van der Waals surface area (Å²) >= 11 is 0. The molecule has 0 spiro atoms. The first-order chi connectivity index (χ1) is 11.4. The molecule has 0 fully saturated rings. The van der Waals surface area contributed by atoms with Gasteiger partial charge in [-0.05, 0) is 42.7 Å². The Bertz CT molecular complexity index is 756. The van der Waals surface area contributed by atoms with Crippen LogP contribution in [0.25, 0.3) is 0 Å². The predicted molar refractivity (Wildman–Crippen MR) is 89.6 cm³/mol. The largest absolute Gasteiger partial charge is 0.426 e. The molecule has 1 amide bonds. The average Bonchev–Trinajstić information content (AvgIpc) is 2.55. The van der Waals surface area contributed by atoms with E-state index >= 15 is 0 Å². The Labute approximate surface area is 140 Å². The summed E-state index contributed by atoms with van der Waals surface area (Å²) < 4.78 is 18.9. The van der Waals surface area contributed by atoms with Crippen molar-refractivity contribution in [2.24, 2.45) is 0 Å². The molecule has 5 heteroatoms. The Kier molecular flexibility index (Phi) is 5.68. The molecular formula is C19H20FNO3. The van der Waals surface area contributed by atoms with Crippen molar-refractivity contribution in [3.8, 4) is 5.75 Å². The molecule has 0 unspecified atom stereocenters. The molecule has 2 aromatic carbocycles. The number of esters is 1. The van der Waals surface area contributed by atoms with Gasteiger partial charge < -0.3 is 9.64 Å². The number of carbonyl (C=O) groups excluding carboxylic acids is 2. The van der Waals surface area contributed by atoms with Crippen molar-refractivity contribution >= 4 is 11.9 Å². The van der Waals surface area contributed by atoms with Crippen molar-refractivity contribution in [2.45, 2.75) is 19.8 Å². The molecule has 24 heavy (non-hydrogen) atoms. The van der Waals surface area contributed by atoms with Crippen LogP contribution >= 0.6 is 0 Å². The third-order valence-corrected chi connectivity index (χ3v) is 3.62. The normalized spacial score (nSPS) is 10.3. The van der Waals surface area contributed by atoms with Crippen LogP contribution in [0.2, 0.25) is 0 Å². The van der Waals surface area contributed by atoms with Crippen molar-refractivity contribution < 1.29 is 18.7 Å². The van der Waals surface area contributed by atoms with E-state index in [4.69, 9.17) is 4.74 Å². The van der Waals surface area contributed by atoms with Gasteiger partial charge in [-0.1, -0.05) is 24.3 Å². The summed E-state index contributed by atoms with van der Waals surface area (Å²) in [7, 11) is 3.31. The van der Waals surface area contributed by atoms with E-state index in [9.17, 15) is 14.0 Å². The Morgan fingerprint density at radius 1 is 1.12 bits per heavy atom. The predicted octanol–water partition coefficient (Wildman–Crippen LogP) is 3.37.